The molecule has 2 aliphatic rings. The Balaban J connectivity index is 1.95. The molecule has 0 bridgehead atoms. The molecule has 132 valence electrons. The van der Waals surface area contributed by atoms with E-state index in [1.807, 2.05) is 6.92 Å². The molecule has 1 aromatic heterocycles. The van der Waals surface area contributed by atoms with Crippen molar-refractivity contribution in [3.63, 3.8) is 0 Å². The van der Waals surface area contributed by atoms with Gasteiger partial charge in [0.2, 0.25) is 5.91 Å². The second-order valence-electron chi connectivity index (χ2n) is 5.92. The fourth-order valence-electron chi connectivity index (χ4n) is 3.07. The molecule has 24 heavy (non-hydrogen) atoms. The van der Waals surface area contributed by atoms with Crippen LogP contribution in [0.1, 0.15) is 45.4 Å². The van der Waals surface area contributed by atoms with Crippen LogP contribution in [0.15, 0.2) is 20.7 Å². The second-order valence-corrected chi connectivity index (χ2v) is 10.6. The van der Waals surface area contributed by atoms with Crippen LogP contribution in [0.25, 0.3) is 0 Å². The van der Waals surface area contributed by atoms with E-state index in [1.165, 1.54) is 24.2 Å². The lowest BCUT2D eigenvalue weighted by Crippen LogP contribution is -2.42. The molecule has 0 radical (unpaired) electrons. The van der Waals surface area contributed by atoms with E-state index < -0.39 is 10.0 Å². The highest BCUT2D eigenvalue weighted by atomic mass is 35.5. The highest BCUT2D eigenvalue weighted by molar-refractivity contribution is 8.16. The number of hydrogen-bond acceptors (Lipinski definition) is 5. The predicted molar refractivity (Wildman–Crippen MR) is 99.3 cm³/mol. The minimum atomic E-state index is -3.84. The molecule has 1 aliphatic heterocycles. The Morgan fingerprint density at radius 3 is 2.58 bits per heavy atom. The number of hydrogen-bond donors (Lipinski definition) is 0. The van der Waals surface area contributed by atoms with Crippen molar-refractivity contribution in [2.45, 2.75) is 60.9 Å². The number of thioether (sulfide) groups is 1. The molecule has 1 saturated carbocycles. The normalized spacial score (nSPS) is 24.9. The molecule has 2 fully saturated rings. The van der Waals surface area contributed by atoms with Crippen molar-refractivity contribution in [3.8, 4) is 0 Å². The number of sulfonamides is 1. The Kier molecular flexibility index (Phi) is 5.58. The average molecular weight is 407 g/mol. The van der Waals surface area contributed by atoms with Gasteiger partial charge in [0.15, 0.2) is 5.17 Å². The van der Waals surface area contributed by atoms with E-state index in [2.05, 4.69) is 4.40 Å². The topological polar surface area (TPSA) is 66.8 Å². The van der Waals surface area contributed by atoms with Gasteiger partial charge in [-0.1, -0.05) is 49.5 Å². The van der Waals surface area contributed by atoms with Gasteiger partial charge in [0, 0.05) is 6.04 Å². The van der Waals surface area contributed by atoms with Gasteiger partial charge in [0.1, 0.15) is 4.21 Å². The van der Waals surface area contributed by atoms with Gasteiger partial charge in [-0.25, -0.2) is 0 Å². The summed E-state index contributed by atoms with van der Waals surface area (Å²) in [6.07, 6.45) is 5.78. The largest absolute Gasteiger partial charge is 0.294 e. The summed E-state index contributed by atoms with van der Waals surface area (Å²) in [5.41, 5.74) is 0. The molecule has 1 amide bonds. The minimum Gasteiger partial charge on any atom is -0.287 e. The number of carbonyl (C=O) groups excluding carboxylic acids is 1. The first-order valence-electron chi connectivity index (χ1n) is 8.02. The molecule has 1 saturated heterocycles. The monoisotopic (exact) mass is 406 g/mol. The Morgan fingerprint density at radius 2 is 2.00 bits per heavy atom. The van der Waals surface area contributed by atoms with Gasteiger partial charge in [-0.15, -0.1) is 15.7 Å². The van der Waals surface area contributed by atoms with Crippen LogP contribution in [-0.4, -0.2) is 35.7 Å². The zero-order valence-electron chi connectivity index (χ0n) is 13.3. The van der Waals surface area contributed by atoms with Crippen molar-refractivity contribution in [2.75, 3.05) is 0 Å². The van der Waals surface area contributed by atoms with Crippen molar-refractivity contribution in [2.24, 2.45) is 4.40 Å². The fourth-order valence-corrected chi connectivity index (χ4v) is 6.86. The van der Waals surface area contributed by atoms with E-state index >= 15 is 0 Å². The highest BCUT2D eigenvalue weighted by Gasteiger charge is 2.42. The maximum atomic E-state index is 12.7. The number of carbonyl (C=O) groups is 1. The maximum Gasteiger partial charge on any atom is 0.294 e. The smallest absolute Gasteiger partial charge is 0.287 e. The third kappa shape index (κ3) is 3.66. The summed E-state index contributed by atoms with van der Waals surface area (Å²) >= 11 is 8.09. The summed E-state index contributed by atoms with van der Waals surface area (Å²) in [5.74, 6) is -0.00689. The van der Waals surface area contributed by atoms with Gasteiger partial charge >= 0.3 is 0 Å². The highest BCUT2D eigenvalue weighted by Crippen LogP contribution is 2.36. The SMILES string of the molecule is CC[C@@H]1SC(=NS(=O)(=O)c2ccc(Cl)s2)N(C2CCCCC2)C1=O. The Labute approximate surface area is 155 Å². The summed E-state index contributed by atoms with van der Waals surface area (Å²) < 4.78 is 29.6. The van der Waals surface area contributed by atoms with Crippen molar-refractivity contribution in [3.05, 3.63) is 16.5 Å². The molecule has 0 aromatic carbocycles. The predicted octanol–water partition coefficient (Wildman–Crippen LogP) is 4.13. The molecule has 3 rings (SSSR count). The first-order chi connectivity index (χ1) is 11.4. The van der Waals surface area contributed by atoms with Gasteiger partial charge in [-0.2, -0.15) is 8.42 Å². The third-order valence-corrected chi connectivity index (χ3v) is 8.68. The quantitative estimate of drug-likeness (QED) is 0.753. The molecular formula is C15H19ClN2O3S3. The van der Waals surface area contributed by atoms with Crippen LogP contribution in [-0.2, 0) is 14.8 Å². The molecule has 1 atom stereocenters. The number of nitrogens with zero attached hydrogens (tertiary/aromatic N) is 2. The zero-order chi connectivity index (χ0) is 17.3. The summed E-state index contributed by atoms with van der Waals surface area (Å²) in [6.45, 7) is 1.94. The zero-order valence-corrected chi connectivity index (χ0v) is 16.5. The molecular weight excluding hydrogens is 388 g/mol. The Hall–Kier alpha value is -0.570. The lowest BCUT2D eigenvalue weighted by atomic mass is 9.94. The van der Waals surface area contributed by atoms with E-state index in [0.29, 0.717) is 15.9 Å². The average Bonchev–Trinajstić information content (AvgIpc) is 3.12. The first kappa shape index (κ1) is 18.2. The fraction of sp³-hybridized carbons (Fsp3) is 0.600. The molecule has 0 unspecified atom stereocenters. The molecule has 9 heteroatoms. The van der Waals surface area contributed by atoms with Crippen molar-refractivity contribution >= 4 is 55.8 Å². The lowest BCUT2D eigenvalue weighted by Gasteiger charge is -2.30. The number of thiophene rings is 1. The summed E-state index contributed by atoms with van der Waals surface area (Å²) in [4.78, 5) is 14.3. The molecule has 5 nitrogen and oxygen atoms in total. The van der Waals surface area contributed by atoms with Gasteiger partial charge in [0.05, 0.1) is 9.59 Å². The van der Waals surface area contributed by atoms with E-state index in [-0.39, 0.29) is 21.4 Å². The third-order valence-electron chi connectivity index (χ3n) is 4.28. The number of rotatable bonds is 4. The van der Waals surface area contributed by atoms with E-state index in [9.17, 15) is 13.2 Å². The molecule has 0 N–H and O–H groups in total. The van der Waals surface area contributed by atoms with Crippen LogP contribution in [0.3, 0.4) is 0 Å². The number of amidine groups is 1. The lowest BCUT2D eigenvalue weighted by molar-refractivity contribution is -0.128. The second kappa shape index (κ2) is 7.35. The maximum absolute atomic E-state index is 12.7. The van der Waals surface area contributed by atoms with Crippen molar-refractivity contribution in [1.29, 1.82) is 0 Å². The van der Waals surface area contributed by atoms with Crippen LogP contribution in [0, 0.1) is 0 Å². The van der Waals surface area contributed by atoms with E-state index in [0.717, 1.165) is 37.0 Å². The number of amides is 1. The molecule has 1 aromatic rings. The van der Waals surface area contributed by atoms with Crippen LogP contribution in [0.5, 0.6) is 0 Å². The van der Waals surface area contributed by atoms with Gasteiger partial charge in [-0.05, 0) is 31.4 Å². The summed E-state index contributed by atoms with van der Waals surface area (Å²) in [5, 5.41) is 0.0797. The van der Waals surface area contributed by atoms with E-state index in [4.69, 9.17) is 11.6 Å². The van der Waals surface area contributed by atoms with Crippen LogP contribution in [0.2, 0.25) is 4.34 Å². The summed E-state index contributed by atoms with van der Waals surface area (Å²) in [6, 6.07) is 3.06. The van der Waals surface area contributed by atoms with Gasteiger partial charge in [0.25, 0.3) is 10.0 Å². The van der Waals surface area contributed by atoms with E-state index in [1.54, 1.807) is 11.0 Å². The molecule has 1 aliphatic carbocycles. The van der Waals surface area contributed by atoms with Crippen LogP contribution in [0.4, 0.5) is 0 Å². The number of halogens is 1. The molecule has 0 spiro atoms. The van der Waals surface area contributed by atoms with Gasteiger partial charge in [-0.3, -0.25) is 9.69 Å². The Bertz CT molecular complexity index is 754. The minimum absolute atomic E-state index is 0.00689. The first-order valence-corrected chi connectivity index (χ1v) is 11.5. The standard InChI is InChI=1S/C15H19ClN2O3S3/c1-2-11-14(19)18(10-6-4-3-5-7-10)15(22-11)17-24(20,21)13-9-8-12(16)23-13/h8-11H,2-7H2,1H3/t11-/m0/s1. The van der Waals surface area contributed by atoms with Crippen molar-refractivity contribution < 1.29 is 13.2 Å². The Morgan fingerprint density at radius 1 is 1.29 bits per heavy atom. The van der Waals surface area contributed by atoms with Crippen LogP contribution < -0.4 is 0 Å². The van der Waals surface area contributed by atoms with Crippen molar-refractivity contribution in [1.82, 2.24) is 4.90 Å². The molecule has 2 heterocycles. The summed E-state index contributed by atoms with van der Waals surface area (Å²) in [7, 11) is -3.84. The van der Waals surface area contributed by atoms with Gasteiger partial charge < -0.3 is 0 Å². The van der Waals surface area contributed by atoms with Crippen LogP contribution >= 0.6 is 34.7 Å².